The maximum absolute atomic E-state index is 12.9. The van der Waals surface area contributed by atoms with E-state index in [-0.39, 0.29) is 47.0 Å². The molecule has 156 valence electrons. The molecule has 1 fully saturated rings. The number of hydrogen-bond acceptors (Lipinski definition) is 4. The van der Waals surface area contributed by atoms with Gasteiger partial charge in [-0.05, 0) is 36.8 Å². The predicted octanol–water partition coefficient (Wildman–Crippen LogP) is 3.93. The summed E-state index contributed by atoms with van der Waals surface area (Å²) in [5.41, 5.74) is 0.521. The molecule has 0 radical (unpaired) electrons. The largest absolute Gasteiger partial charge is 0.494 e. The molecule has 1 heterocycles. The Morgan fingerprint density at radius 1 is 1.07 bits per heavy atom. The molecule has 0 spiro atoms. The molecule has 0 bridgehead atoms. The Morgan fingerprint density at radius 2 is 1.76 bits per heavy atom. The van der Waals surface area contributed by atoms with Crippen molar-refractivity contribution >= 4 is 39.1 Å². The van der Waals surface area contributed by atoms with Gasteiger partial charge in [0.15, 0.2) is 0 Å². The molecule has 0 N–H and O–H groups in total. The van der Waals surface area contributed by atoms with Crippen LogP contribution in [0.5, 0.6) is 5.75 Å². The van der Waals surface area contributed by atoms with Crippen LogP contribution < -0.4 is 4.74 Å². The number of benzene rings is 2. The number of carbonyl (C=O) groups excluding carboxylic acids is 1. The maximum Gasteiger partial charge on any atom is 0.254 e. The third kappa shape index (κ3) is 4.86. The number of amides is 1. The third-order valence-electron chi connectivity index (χ3n) is 4.61. The smallest absolute Gasteiger partial charge is 0.254 e. The van der Waals surface area contributed by atoms with Crippen LogP contribution in [0.1, 0.15) is 23.7 Å². The molecule has 0 aliphatic carbocycles. The Bertz CT molecular complexity index is 990. The Hall–Kier alpha value is -1.80. The van der Waals surface area contributed by atoms with Gasteiger partial charge in [-0.2, -0.15) is 4.31 Å². The van der Waals surface area contributed by atoms with Crippen molar-refractivity contribution in [3.05, 3.63) is 58.1 Å². The summed E-state index contributed by atoms with van der Waals surface area (Å²) in [4.78, 5) is 14.4. The van der Waals surface area contributed by atoms with E-state index >= 15 is 0 Å². The summed E-state index contributed by atoms with van der Waals surface area (Å²) >= 11 is 12.1. The summed E-state index contributed by atoms with van der Waals surface area (Å²) in [5.74, 6) is 0.499. The van der Waals surface area contributed by atoms with Gasteiger partial charge in [-0.1, -0.05) is 42.3 Å². The average molecular weight is 457 g/mol. The second kappa shape index (κ2) is 9.34. The van der Waals surface area contributed by atoms with E-state index in [1.54, 1.807) is 29.2 Å². The minimum Gasteiger partial charge on any atom is -0.494 e. The highest BCUT2D eigenvalue weighted by Crippen LogP contribution is 2.31. The number of rotatable bonds is 6. The van der Waals surface area contributed by atoms with Crippen molar-refractivity contribution in [1.29, 1.82) is 0 Å². The highest BCUT2D eigenvalue weighted by Gasteiger charge is 2.32. The number of ether oxygens (including phenoxy) is 1. The van der Waals surface area contributed by atoms with E-state index in [4.69, 9.17) is 27.9 Å². The molecule has 2 aromatic carbocycles. The van der Waals surface area contributed by atoms with E-state index in [1.807, 2.05) is 13.0 Å². The first-order valence-electron chi connectivity index (χ1n) is 9.31. The first-order valence-corrected chi connectivity index (χ1v) is 11.5. The van der Waals surface area contributed by atoms with Crippen molar-refractivity contribution in [2.24, 2.45) is 0 Å². The van der Waals surface area contributed by atoms with Crippen LogP contribution in [0.25, 0.3) is 0 Å². The standard InChI is InChI=1S/C20H22Cl2N2O4S/c1-2-13-28-16-6-3-5-15(14-16)20(25)23-9-11-24(12-10-23)29(26,27)18-8-4-7-17(21)19(18)22/h3-8,14H,2,9-13H2,1H3. The molecule has 0 aromatic heterocycles. The van der Waals surface area contributed by atoms with Gasteiger partial charge in [0.05, 0.1) is 16.7 Å². The van der Waals surface area contributed by atoms with Crippen molar-refractivity contribution < 1.29 is 17.9 Å². The Kier molecular flexibility index (Phi) is 7.05. The van der Waals surface area contributed by atoms with Crippen LogP contribution in [0.2, 0.25) is 10.0 Å². The van der Waals surface area contributed by atoms with Gasteiger partial charge in [0.1, 0.15) is 10.6 Å². The molecule has 1 saturated heterocycles. The van der Waals surface area contributed by atoms with E-state index < -0.39 is 10.0 Å². The van der Waals surface area contributed by atoms with Crippen LogP contribution in [0.4, 0.5) is 0 Å². The first kappa shape index (κ1) is 21.9. The summed E-state index contributed by atoms with van der Waals surface area (Å²) in [6, 6.07) is 11.6. The van der Waals surface area contributed by atoms with Crippen LogP contribution in [0, 0.1) is 0 Å². The summed E-state index contributed by atoms with van der Waals surface area (Å²) in [6.45, 7) is 3.54. The normalized spacial score (nSPS) is 15.3. The number of carbonyl (C=O) groups is 1. The van der Waals surface area contributed by atoms with Gasteiger partial charge in [0.25, 0.3) is 5.91 Å². The molecule has 1 amide bonds. The van der Waals surface area contributed by atoms with Gasteiger partial charge in [0.2, 0.25) is 10.0 Å². The molecule has 0 unspecified atom stereocenters. The Labute approximate surface area is 181 Å². The van der Waals surface area contributed by atoms with Crippen LogP contribution in [-0.2, 0) is 10.0 Å². The van der Waals surface area contributed by atoms with E-state index in [0.717, 1.165) is 6.42 Å². The number of hydrogen-bond donors (Lipinski definition) is 0. The monoisotopic (exact) mass is 456 g/mol. The van der Waals surface area contributed by atoms with Gasteiger partial charge in [-0.3, -0.25) is 4.79 Å². The number of halogens is 2. The Morgan fingerprint density at radius 3 is 2.45 bits per heavy atom. The van der Waals surface area contributed by atoms with E-state index in [9.17, 15) is 13.2 Å². The zero-order valence-electron chi connectivity index (χ0n) is 16.0. The van der Waals surface area contributed by atoms with Gasteiger partial charge in [-0.15, -0.1) is 0 Å². The van der Waals surface area contributed by atoms with Crippen molar-refractivity contribution in [1.82, 2.24) is 9.21 Å². The fourth-order valence-electron chi connectivity index (χ4n) is 3.08. The number of sulfonamides is 1. The molecule has 1 aliphatic heterocycles. The molecular formula is C20H22Cl2N2O4S. The molecule has 0 atom stereocenters. The van der Waals surface area contributed by atoms with E-state index in [0.29, 0.717) is 17.9 Å². The van der Waals surface area contributed by atoms with E-state index in [1.165, 1.54) is 16.4 Å². The molecular weight excluding hydrogens is 435 g/mol. The molecule has 3 rings (SSSR count). The fraction of sp³-hybridized carbons (Fsp3) is 0.350. The maximum atomic E-state index is 12.9. The van der Waals surface area contributed by atoms with Crippen molar-refractivity contribution in [3.63, 3.8) is 0 Å². The van der Waals surface area contributed by atoms with Crippen molar-refractivity contribution in [2.75, 3.05) is 32.8 Å². The van der Waals surface area contributed by atoms with Gasteiger partial charge in [0, 0.05) is 31.7 Å². The lowest BCUT2D eigenvalue weighted by Crippen LogP contribution is -2.50. The van der Waals surface area contributed by atoms with Gasteiger partial charge >= 0.3 is 0 Å². The zero-order valence-corrected chi connectivity index (χ0v) is 18.3. The van der Waals surface area contributed by atoms with Gasteiger partial charge in [-0.25, -0.2) is 8.42 Å². The summed E-state index contributed by atoms with van der Waals surface area (Å²) < 4.78 is 32.7. The number of piperazine rings is 1. The predicted molar refractivity (Wildman–Crippen MR) is 113 cm³/mol. The summed E-state index contributed by atoms with van der Waals surface area (Å²) in [7, 11) is -3.79. The summed E-state index contributed by atoms with van der Waals surface area (Å²) in [5, 5.41) is 0.197. The average Bonchev–Trinajstić information content (AvgIpc) is 2.74. The fourth-order valence-corrected chi connectivity index (χ4v) is 5.23. The molecule has 29 heavy (non-hydrogen) atoms. The second-order valence-corrected chi connectivity index (χ2v) is 9.32. The van der Waals surface area contributed by atoms with Crippen LogP contribution in [-0.4, -0.2) is 56.3 Å². The van der Waals surface area contributed by atoms with Crippen LogP contribution in [0.3, 0.4) is 0 Å². The van der Waals surface area contributed by atoms with Gasteiger partial charge < -0.3 is 9.64 Å². The minimum atomic E-state index is -3.79. The second-order valence-electron chi connectivity index (χ2n) is 6.62. The third-order valence-corrected chi connectivity index (χ3v) is 7.49. The topological polar surface area (TPSA) is 66.9 Å². The molecule has 6 nitrogen and oxygen atoms in total. The van der Waals surface area contributed by atoms with Crippen LogP contribution in [0.15, 0.2) is 47.4 Å². The Balaban J connectivity index is 1.69. The first-order chi connectivity index (χ1) is 13.8. The highest BCUT2D eigenvalue weighted by molar-refractivity contribution is 7.89. The lowest BCUT2D eigenvalue weighted by Gasteiger charge is -2.34. The lowest BCUT2D eigenvalue weighted by atomic mass is 10.1. The molecule has 9 heteroatoms. The molecule has 1 aliphatic rings. The lowest BCUT2D eigenvalue weighted by molar-refractivity contribution is 0.0697. The van der Waals surface area contributed by atoms with Crippen molar-refractivity contribution in [3.8, 4) is 5.75 Å². The highest BCUT2D eigenvalue weighted by atomic mass is 35.5. The van der Waals surface area contributed by atoms with Crippen molar-refractivity contribution in [2.45, 2.75) is 18.2 Å². The van der Waals surface area contributed by atoms with Crippen LogP contribution >= 0.6 is 23.2 Å². The minimum absolute atomic E-state index is 0.0107. The quantitative estimate of drug-likeness (QED) is 0.660. The SMILES string of the molecule is CCCOc1cccc(C(=O)N2CCN(S(=O)(=O)c3cccc(Cl)c3Cl)CC2)c1. The van der Waals surface area contributed by atoms with E-state index in [2.05, 4.69) is 0 Å². The molecule has 0 saturated carbocycles. The molecule has 2 aromatic rings. The zero-order chi connectivity index (χ0) is 21.0. The summed E-state index contributed by atoms with van der Waals surface area (Å²) in [6.07, 6.45) is 0.880. The number of nitrogens with zero attached hydrogens (tertiary/aromatic N) is 2.